The molecule has 0 aliphatic rings. The molecule has 0 bridgehead atoms. The molecule has 46 heavy (non-hydrogen) atoms. The van der Waals surface area contributed by atoms with Gasteiger partial charge in [-0.15, -0.1) is 41.5 Å². The molecule has 4 aromatic heterocycles. The molecule has 222 valence electrons. The molecule has 9 aromatic rings. The summed E-state index contributed by atoms with van der Waals surface area (Å²) < 4.78 is 6.44. The van der Waals surface area contributed by atoms with Crippen molar-refractivity contribution in [2.45, 2.75) is 20.8 Å². The average molecular weight is 771 g/mol. The number of pyridine rings is 1. The van der Waals surface area contributed by atoms with Gasteiger partial charge >= 0.3 is 20.1 Å². The van der Waals surface area contributed by atoms with E-state index in [9.17, 15) is 0 Å². The smallest absolute Gasteiger partial charge is 0.333 e. The summed E-state index contributed by atoms with van der Waals surface area (Å²) in [6.45, 7) is 6.24. The number of hydrogen-bond acceptors (Lipinski definition) is 1. The Hall–Kier alpha value is -5.09. The summed E-state index contributed by atoms with van der Waals surface area (Å²) in [6, 6.07) is 44.6. The van der Waals surface area contributed by atoms with Crippen LogP contribution < -0.4 is 4.57 Å². The van der Waals surface area contributed by atoms with Crippen molar-refractivity contribution in [3.8, 4) is 22.6 Å². The summed E-state index contributed by atoms with van der Waals surface area (Å²) in [6.07, 6.45) is 9.45. The Kier molecular flexibility index (Phi) is 7.74. The second kappa shape index (κ2) is 12.0. The summed E-state index contributed by atoms with van der Waals surface area (Å²) in [4.78, 5) is 4.41. The normalized spacial score (nSPS) is 11.2. The number of benzene rings is 5. The van der Waals surface area contributed by atoms with Crippen LogP contribution in [0, 0.1) is 39.2 Å². The summed E-state index contributed by atoms with van der Waals surface area (Å²) in [5.41, 5.74) is 11.6. The van der Waals surface area contributed by atoms with Crippen LogP contribution in [-0.2, 0) is 20.1 Å². The van der Waals surface area contributed by atoms with Gasteiger partial charge < -0.3 is 14.0 Å². The second-order valence-corrected chi connectivity index (χ2v) is 11.5. The van der Waals surface area contributed by atoms with E-state index in [1.54, 1.807) is 0 Å². The van der Waals surface area contributed by atoms with E-state index in [4.69, 9.17) is 0 Å². The Bertz CT molecular complexity index is 2450. The first-order chi connectivity index (χ1) is 22.1. The number of nitrogens with zero attached hydrogens (tertiary/aromatic N) is 4. The summed E-state index contributed by atoms with van der Waals surface area (Å²) in [7, 11) is 0. The monoisotopic (exact) mass is 771 g/mol. The Labute approximate surface area is 281 Å². The van der Waals surface area contributed by atoms with Gasteiger partial charge in [-0.2, -0.15) is 12.1 Å². The number of imidazole rings is 1. The van der Waals surface area contributed by atoms with E-state index in [2.05, 4.69) is 127 Å². The van der Waals surface area contributed by atoms with E-state index in [-0.39, 0.29) is 20.1 Å². The maximum absolute atomic E-state index is 4.41. The molecule has 0 aliphatic carbocycles. The van der Waals surface area contributed by atoms with E-state index in [0.717, 1.165) is 22.6 Å². The van der Waals surface area contributed by atoms with E-state index in [0.29, 0.717) is 0 Å². The molecule has 9 rings (SSSR count). The fourth-order valence-electron chi connectivity index (χ4n) is 6.20. The molecular weight excluding hydrogens is 741 g/mol. The zero-order chi connectivity index (χ0) is 30.5. The van der Waals surface area contributed by atoms with E-state index >= 15 is 0 Å². The van der Waals surface area contributed by atoms with E-state index in [1.165, 1.54) is 54.8 Å². The molecule has 0 saturated carbocycles. The number of fused-ring (bicyclic) bond motifs is 6. The zero-order valence-electron chi connectivity index (χ0n) is 25.7. The Balaban J connectivity index is 0.000000180. The van der Waals surface area contributed by atoms with Crippen molar-refractivity contribution < 1.29 is 24.7 Å². The minimum absolute atomic E-state index is 0. The van der Waals surface area contributed by atoms with E-state index < -0.39 is 0 Å². The Morgan fingerprint density at radius 3 is 2.30 bits per heavy atom. The molecule has 0 N–H and O–H groups in total. The number of para-hydroxylation sites is 3. The minimum Gasteiger partial charge on any atom is -0.333 e. The van der Waals surface area contributed by atoms with Crippen LogP contribution in [0.3, 0.4) is 0 Å². The first kappa shape index (κ1) is 29.6. The van der Waals surface area contributed by atoms with Crippen LogP contribution in [0.2, 0.25) is 0 Å². The number of aryl methyl sites for hydroxylation is 3. The van der Waals surface area contributed by atoms with Crippen molar-refractivity contribution in [2.75, 3.05) is 0 Å². The van der Waals surface area contributed by atoms with Crippen molar-refractivity contribution >= 4 is 38.1 Å². The number of hydrogen-bond donors (Lipinski definition) is 0. The topological polar surface area (TPSA) is 26.1 Å². The molecule has 0 amide bonds. The number of rotatable bonds is 3. The van der Waals surface area contributed by atoms with Gasteiger partial charge in [-0.1, -0.05) is 89.4 Å². The van der Waals surface area contributed by atoms with Crippen LogP contribution in [0.15, 0.2) is 128 Å². The van der Waals surface area contributed by atoms with Gasteiger partial charge in [0.2, 0.25) is 0 Å². The van der Waals surface area contributed by atoms with Gasteiger partial charge in [0.25, 0.3) is 6.33 Å². The van der Waals surface area contributed by atoms with Gasteiger partial charge in [0, 0.05) is 34.9 Å². The molecule has 5 aromatic carbocycles. The molecule has 0 radical (unpaired) electrons. The van der Waals surface area contributed by atoms with Gasteiger partial charge in [0.15, 0.2) is 0 Å². The number of aromatic nitrogens is 4. The van der Waals surface area contributed by atoms with Gasteiger partial charge in [0.1, 0.15) is 0 Å². The predicted molar refractivity (Wildman–Crippen MR) is 182 cm³/mol. The third-order valence-corrected chi connectivity index (χ3v) is 8.63. The molecule has 4 nitrogen and oxygen atoms in total. The fourth-order valence-corrected chi connectivity index (χ4v) is 6.20. The average Bonchev–Trinajstić information content (AvgIpc) is 3.80. The third kappa shape index (κ3) is 4.99. The van der Waals surface area contributed by atoms with Crippen LogP contribution in [0.4, 0.5) is 0 Å². The first-order valence-electron chi connectivity index (χ1n) is 15.1. The predicted octanol–water partition coefficient (Wildman–Crippen LogP) is 8.98. The second-order valence-electron chi connectivity index (χ2n) is 11.5. The van der Waals surface area contributed by atoms with Gasteiger partial charge in [-0.25, -0.2) is 0 Å². The standard InChI is InChI=1S/C27H16N3.C14H14N.Ir/c1-2-8-19(9-3-1)28-16-17-29(18-28)24-14-7-15-25-26(24)22-12-6-11-21-20-10-4-5-13-23(20)30(25)27(21)22;1-10-4-6-13(7-5-10)14-8-11(2)12(3)9-15-14;/h1-13,15-17H;4-6,8-9H,1-3H3;/q2*-1;+3. The van der Waals surface area contributed by atoms with Crippen molar-refractivity contribution in [1.29, 1.82) is 0 Å². The van der Waals surface area contributed by atoms with Gasteiger partial charge in [0.05, 0.1) is 11.2 Å². The zero-order valence-corrected chi connectivity index (χ0v) is 28.1. The van der Waals surface area contributed by atoms with Crippen LogP contribution in [0.25, 0.3) is 60.7 Å². The molecular formula is C41H30IrN4+. The van der Waals surface area contributed by atoms with Crippen molar-refractivity contribution in [3.05, 3.63) is 163 Å². The van der Waals surface area contributed by atoms with Crippen LogP contribution in [0.5, 0.6) is 0 Å². The Morgan fingerprint density at radius 1 is 0.717 bits per heavy atom. The Morgan fingerprint density at radius 2 is 1.50 bits per heavy atom. The largest absolute Gasteiger partial charge is 3.00 e. The van der Waals surface area contributed by atoms with Crippen LogP contribution >= 0.6 is 0 Å². The molecule has 0 atom stereocenters. The first-order valence-corrected chi connectivity index (χ1v) is 15.1. The maximum atomic E-state index is 4.41. The van der Waals surface area contributed by atoms with Gasteiger partial charge in [-0.05, 0) is 49.0 Å². The van der Waals surface area contributed by atoms with Crippen LogP contribution in [0.1, 0.15) is 16.7 Å². The molecule has 0 unspecified atom stereocenters. The molecule has 0 aliphatic heterocycles. The van der Waals surface area contributed by atoms with Crippen molar-refractivity contribution in [2.24, 2.45) is 0 Å². The quantitative estimate of drug-likeness (QED) is 0.130. The van der Waals surface area contributed by atoms with Crippen molar-refractivity contribution in [1.82, 2.24) is 14.0 Å². The summed E-state index contributed by atoms with van der Waals surface area (Å²) in [5, 5.41) is 5.04. The molecule has 5 heteroatoms. The van der Waals surface area contributed by atoms with Crippen LogP contribution in [-0.4, -0.2) is 14.0 Å². The van der Waals surface area contributed by atoms with Crippen molar-refractivity contribution in [3.63, 3.8) is 0 Å². The molecule has 0 spiro atoms. The van der Waals surface area contributed by atoms with E-state index in [1.807, 2.05) is 58.1 Å². The fraction of sp³-hybridized carbons (Fsp3) is 0.0732. The minimum atomic E-state index is 0. The molecule has 4 heterocycles. The maximum Gasteiger partial charge on any atom is 3.00 e. The summed E-state index contributed by atoms with van der Waals surface area (Å²) in [5.74, 6) is 0. The SMILES string of the molecule is Cc1c[c-]c(-c2cc(C)c(C)cn2)cc1.[Ir+3].[c-]1ccc2c(c1-n1[c-][n+](-c3ccccc3)cc1)c1cccc3c4ccccc4n2c31. The molecule has 0 saturated heterocycles. The third-order valence-electron chi connectivity index (χ3n) is 8.63. The molecule has 0 fully saturated rings. The van der Waals surface area contributed by atoms with Gasteiger partial charge in [-0.3, -0.25) is 4.57 Å². The summed E-state index contributed by atoms with van der Waals surface area (Å²) >= 11 is 0.